The van der Waals surface area contributed by atoms with Crippen LogP contribution in [0.1, 0.15) is 0 Å². The number of quaternary nitrogens is 1. The van der Waals surface area contributed by atoms with Gasteiger partial charge in [0.25, 0.3) is 10.0 Å². The van der Waals surface area contributed by atoms with E-state index in [2.05, 4.69) is 0 Å². The SMILES string of the molecule is C[N+](C)(CCO)CC(O)CNS(=O)(=O)C(F)(F)C(F)(F)C(F)(F)C(F)(F)C(F)(F)C(F)(F)C(F)(F)C(F)(F)C(F)(F)C(F)(F)C(F)(F)F. The number of halogens is 23. The summed E-state index contributed by atoms with van der Waals surface area (Å²) in [4.78, 5) is 0. The summed E-state index contributed by atoms with van der Waals surface area (Å²) < 4.78 is 333. The fraction of sp³-hybridized carbons (Fsp3) is 1.00. The minimum absolute atomic E-state index is 0.190. The van der Waals surface area contributed by atoms with Gasteiger partial charge in [0, 0.05) is 6.54 Å². The Bertz CT molecular complexity index is 1250. The van der Waals surface area contributed by atoms with Crippen molar-refractivity contribution in [1.82, 2.24) is 4.72 Å². The largest absolute Gasteiger partial charge is 0.460 e. The van der Waals surface area contributed by atoms with Gasteiger partial charge in [-0.15, -0.1) is 0 Å². The molecule has 0 bridgehead atoms. The van der Waals surface area contributed by atoms with Crippen molar-refractivity contribution in [2.24, 2.45) is 0 Å². The summed E-state index contributed by atoms with van der Waals surface area (Å²) in [7, 11) is -5.54. The van der Waals surface area contributed by atoms with Crippen molar-refractivity contribution in [3.05, 3.63) is 0 Å². The molecule has 0 fully saturated rings. The molecular weight excluding hydrogens is 777 g/mol. The van der Waals surface area contributed by atoms with Crippen LogP contribution >= 0.6 is 0 Å². The molecule has 0 aromatic carbocycles. The number of sulfonamides is 1. The van der Waals surface area contributed by atoms with Crippen LogP contribution in [0.4, 0.5) is 101 Å². The summed E-state index contributed by atoms with van der Waals surface area (Å²) in [5.74, 6) is -83.3. The summed E-state index contributed by atoms with van der Waals surface area (Å²) in [6.07, 6.45) is -10.5. The van der Waals surface area contributed by atoms with Crippen molar-refractivity contribution in [1.29, 1.82) is 0 Å². The molecule has 0 aromatic rings. The van der Waals surface area contributed by atoms with Gasteiger partial charge < -0.3 is 14.7 Å². The number of hydrogen-bond donors (Lipinski definition) is 3. The maximum absolute atomic E-state index is 14.1. The highest BCUT2D eigenvalue weighted by Crippen LogP contribution is 2.67. The van der Waals surface area contributed by atoms with Crippen molar-refractivity contribution < 1.29 is 124 Å². The van der Waals surface area contributed by atoms with Gasteiger partial charge in [-0.2, -0.15) is 101 Å². The monoisotopic (exact) mass is 795 g/mol. The molecule has 30 heteroatoms. The number of hydrogen-bond acceptors (Lipinski definition) is 4. The van der Waals surface area contributed by atoms with Gasteiger partial charge in [0.15, 0.2) is 0 Å². The van der Waals surface area contributed by atoms with Crippen LogP contribution in [-0.4, -0.2) is 134 Å². The van der Waals surface area contributed by atoms with E-state index in [0.717, 1.165) is 14.1 Å². The molecule has 0 saturated carbocycles. The van der Waals surface area contributed by atoms with Gasteiger partial charge in [-0.05, 0) is 0 Å². The van der Waals surface area contributed by atoms with E-state index in [1.54, 1.807) is 0 Å². The summed E-state index contributed by atoms with van der Waals surface area (Å²) in [6.45, 7) is -3.83. The smallest absolute Gasteiger partial charge is 0.391 e. The van der Waals surface area contributed by atoms with E-state index in [9.17, 15) is 115 Å². The van der Waals surface area contributed by atoms with E-state index in [-0.39, 0.29) is 11.3 Å². The first-order valence-electron chi connectivity index (χ1n) is 11.4. The maximum atomic E-state index is 14.1. The third-order valence-electron chi connectivity index (χ3n) is 6.13. The van der Waals surface area contributed by atoms with Gasteiger partial charge >= 0.3 is 64.7 Å². The Labute approximate surface area is 251 Å². The van der Waals surface area contributed by atoms with Gasteiger partial charge in [0.2, 0.25) is 0 Å². The van der Waals surface area contributed by atoms with Crippen molar-refractivity contribution in [2.45, 2.75) is 70.8 Å². The second-order valence-electron chi connectivity index (χ2n) is 10.3. The molecule has 0 spiro atoms. The van der Waals surface area contributed by atoms with Gasteiger partial charge in [-0.1, -0.05) is 0 Å². The quantitative estimate of drug-likeness (QED) is 0.140. The highest BCUT2D eigenvalue weighted by Gasteiger charge is 2.99. The molecule has 0 aromatic heterocycles. The number of rotatable bonds is 17. The number of likely N-dealkylation sites (N-methyl/N-ethyl adjacent to an activating group) is 1. The summed E-state index contributed by atoms with van der Waals surface area (Å²) >= 11 is 0. The molecule has 3 N–H and O–H groups in total. The molecule has 1 atom stereocenters. The lowest BCUT2D eigenvalue weighted by Gasteiger charge is -2.45. The van der Waals surface area contributed by atoms with E-state index < -0.39 is 105 Å². The second-order valence-corrected chi connectivity index (χ2v) is 12.1. The molecule has 0 radical (unpaired) electrons. The van der Waals surface area contributed by atoms with E-state index >= 15 is 0 Å². The standard InChI is InChI=1S/C18H18F23N2O4S/c1-43(2,3-4-44)6-7(45)5-42-48(46,47)18(40,41)16(35,36)14(31,32)12(27,28)10(23,24)8(19,20)9(21,22)11(25,26)13(29,30)15(33,34)17(37,38)39/h7,42,44-45H,3-6H2,1-2H3/q+1. The van der Waals surface area contributed by atoms with Gasteiger partial charge in [0.05, 0.1) is 20.7 Å². The van der Waals surface area contributed by atoms with Crippen LogP contribution in [0.25, 0.3) is 0 Å². The first kappa shape index (κ1) is 46.2. The van der Waals surface area contributed by atoms with E-state index in [0.29, 0.717) is 0 Å². The molecule has 0 saturated heterocycles. The van der Waals surface area contributed by atoms with Crippen LogP contribution in [0.15, 0.2) is 0 Å². The van der Waals surface area contributed by atoms with Crippen molar-refractivity contribution in [3.8, 4) is 0 Å². The molecule has 290 valence electrons. The zero-order valence-corrected chi connectivity index (χ0v) is 23.5. The lowest BCUT2D eigenvalue weighted by molar-refractivity contribution is -0.893. The van der Waals surface area contributed by atoms with Gasteiger partial charge in [-0.3, -0.25) is 0 Å². The molecule has 0 heterocycles. The van der Waals surface area contributed by atoms with Crippen LogP contribution in [0.2, 0.25) is 0 Å². The Hall–Kier alpha value is -1.82. The number of nitrogens with zero attached hydrogens (tertiary/aromatic N) is 1. The molecule has 0 amide bonds. The first-order chi connectivity index (χ1) is 20.4. The average Bonchev–Trinajstić information content (AvgIpc) is 2.85. The van der Waals surface area contributed by atoms with E-state index in [1.807, 2.05) is 0 Å². The highest BCUT2D eigenvalue weighted by molar-refractivity contribution is 7.90. The zero-order valence-electron chi connectivity index (χ0n) is 22.7. The van der Waals surface area contributed by atoms with Crippen molar-refractivity contribution in [3.63, 3.8) is 0 Å². The Balaban J connectivity index is 7.03. The number of alkyl halides is 23. The maximum Gasteiger partial charge on any atom is 0.460 e. The highest BCUT2D eigenvalue weighted by atomic mass is 32.2. The Kier molecular flexibility index (Phi) is 12.0. The summed E-state index contributed by atoms with van der Waals surface area (Å²) in [6, 6.07) is 0. The van der Waals surface area contributed by atoms with E-state index in [1.165, 1.54) is 0 Å². The van der Waals surface area contributed by atoms with Crippen LogP contribution in [0.5, 0.6) is 0 Å². The number of nitrogens with one attached hydrogen (secondary N) is 1. The normalized spacial score (nSPS) is 17.1. The van der Waals surface area contributed by atoms with Crippen LogP contribution in [0.3, 0.4) is 0 Å². The fourth-order valence-corrected chi connectivity index (χ4v) is 4.26. The minimum Gasteiger partial charge on any atom is -0.391 e. The van der Waals surface area contributed by atoms with Crippen molar-refractivity contribution in [2.75, 3.05) is 40.3 Å². The third kappa shape index (κ3) is 6.55. The molecule has 0 aliphatic carbocycles. The molecular formula is C18H18F23N2O4S+. The molecule has 0 aliphatic rings. The Morgan fingerprint density at radius 3 is 1.08 bits per heavy atom. The average molecular weight is 795 g/mol. The van der Waals surface area contributed by atoms with Crippen LogP contribution < -0.4 is 4.72 Å². The van der Waals surface area contributed by atoms with Gasteiger partial charge in [-0.25, -0.2) is 13.1 Å². The number of aliphatic hydroxyl groups excluding tert-OH is 2. The fourth-order valence-electron chi connectivity index (χ4n) is 3.20. The van der Waals surface area contributed by atoms with Crippen LogP contribution in [0, 0.1) is 0 Å². The molecule has 0 aliphatic heterocycles. The first-order valence-corrected chi connectivity index (χ1v) is 12.8. The summed E-state index contributed by atoms with van der Waals surface area (Å²) in [5.41, 5.74) is 0. The molecule has 6 nitrogen and oxygen atoms in total. The zero-order chi connectivity index (χ0) is 39.6. The van der Waals surface area contributed by atoms with Gasteiger partial charge in [0.1, 0.15) is 19.2 Å². The third-order valence-corrected chi connectivity index (χ3v) is 7.61. The predicted octanol–water partition coefficient (Wildman–Crippen LogP) is 5.21. The van der Waals surface area contributed by atoms with Crippen molar-refractivity contribution >= 4 is 10.0 Å². The topological polar surface area (TPSA) is 86.6 Å². The minimum atomic E-state index is -9.60. The van der Waals surface area contributed by atoms with Crippen LogP contribution in [-0.2, 0) is 10.0 Å². The molecule has 1 unspecified atom stereocenters. The lowest BCUT2D eigenvalue weighted by Crippen LogP contribution is -2.78. The summed E-state index contributed by atoms with van der Waals surface area (Å²) in [5, 5.41) is 10.4. The number of aliphatic hydroxyl groups is 2. The second kappa shape index (κ2) is 12.4. The molecule has 0 rings (SSSR count). The van der Waals surface area contributed by atoms with E-state index in [4.69, 9.17) is 5.11 Å². The Morgan fingerprint density at radius 2 is 0.812 bits per heavy atom. The molecule has 48 heavy (non-hydrogen) atoms. The lowest BCUT2D eigenvalue weighted by atomic mass is 9.86. The predicted molar refractivity (Wildman–Crippen MR) is 107 cm³/mol. The Morgan fingerprint density at radius 1 is 0.542 bits per heavy atom.